The van der Waals surface area contributed by atoms with Crippen LogP contribution in [0.4, 0.5) is 24.5 Å². The monoisotopic (exact) mass is 1040 g/mol. The number of nitrogens with one attached hydrogen (secondary N) is 2. The third-order valence-electron chi connectivity index (χ3n) is 12.9. The van der Waals surface area contributed by atoms with Gasteiger partial charge in [-0.15, -0.1) is 11.3 Å². The van der Waals surface area contributed by atoms with Crippen LogP contribution in [0.2, 0.25) is 0 Å². The summed E-state index contributed by atoms with van der Waals surface area (Å²) in [7, 11) is 0. The smallest absolute Gasteiger partial charge is 0.417 e. The summed E-state index contributed by atoms with van der Waals surface area (Å²) in [6.07, 6.45) is -3.40. The van der Waals surface area contributed by atoms with E-state index in [2.05, 4.69) is 29.0 Å². The maximum atomic E-state index is 14.0. The van der Waals surface area contributed by atoms with Crippen molar-refractivity contribution in [2.24, 2.45) is 5.41 Å². The summed E-state index contributed by atoms with van der Waals surface area (Å²) in [6, 6.07) is 27.7. The van der Waals surface area contributed by atoms with Crippen LogP contribution in [-0.2, 0) is 36.6 Å². The van der Waals surface area contributed by atoms with Gasteiger partial charge >= 0.3 is 6.18 Å². The van der Waals surface area contributed by atoms with E-state index in [1.807, 2.05) is 81.4 Å². The predicted octanol–water partition coefficient (Wildman–Crippen LogP) is 9.57. The lowest BCUT2D eigenvalue weighted by Gasteiger charge is -2.35. The topological polar surface area (TPSA) is 165 Å². The summed E-state index contributed by atoms with van der Waals surface area (Å²) in [6.45, 7) is 11.6. The second kappa shape index (κ2) is 22.6. The number of hydrogen-bond acceptors (Lipinski definition) is 10. The van der Waals surface area contributed by atoms with Crippen molar-refractivity contribution in [3.8, 4) is 33.4 Å². The quantitative estimate of drug-likeness (QED) is 0.0569. The minimum Gasteiger partial charge on any atom is -0.494 e. The van der Waals surface area contributed by atoms with Gasteiger partial charge in [-0.1, -0.05) is 69.3 Å². The summed E-state index contributed by atoms with van der Waals surface area (Å²) >= 11 is 7.35. The molecule has 0 unspecified atom stereocenters. The molecule has 4 aromatic carbocycles. The predicted molar refractivity (Wildman–Crippen MR) is 279 cm³/mol. The van der Waals surface area contributed by atoms with Gasteiger partial charge in [-0.05, 0) is 139 Å². The highest BCUT2D eigenvalue weighted by molar-refractivity contribution is 7.81. The van der Waals surface area contributed by atoms with Gasteiger partial charge < -0.3 is 35.0 Å². The highest BCUT2D eigenvalue weighted by Gasteiger charge is 2.51. The molecule has 2 aliphatic heterocycles. The molecule has 13 nitrogen and oxygen atoms in total. The number of aliphatic hydroxyl groups is 1. The van der Waals surface area contributed by atoms with Crippen molar-refractivity contribution >= 4 is 63.7 Å². The summed E-state index contributed by atoms with van der Waals surface area (Å²) in [4.78, 5) is 59.4. The van der Waals surface area contributed by atoms with Crippen LogP contribution in [0.3, 0.4) is 0 Å². The summed E-state index contributed by atoms with van der Waals surface area (Å²) in [5.74, 6) is -1.11. The molecule has 18 heteroatoms. The van der Waals surface area contributed by atoms with Crippen LogP contribution in [-0.4, -0.2) is 88.8 Å². The Bertz CT molecular complexity index is 2860. The molecule has 2 fully saturated rings. The molecule has 384 valence electrons. The first-order chi connectivity index (χ1) is 34.6. The Balaban J connectivity index is 0.823. The highest BCUT2D eigenvalue weighted by atomic mass is 32.1. The lowest BCUT2D eigenvalue weighted by Crippen LogP contribution is -2.58. The zero-order chi connectivity index (χ0) is 52.8. The molecule has 0 bridgehead atoms. The zero-order valence-electron chi connectivity index (χ0n) is 41.5. The average Bonchev–Trinajstić information content (AvgIpc) is 4.02. The molecule has 2 aliphatic rings. The number of hydrogen-bond donors (Lipinski definition) is 3. The van der Waals surface area contributed by atoms with Crippen molar-refractivity contribution in [3.63, 3.8) is 0 Å². The van der Waals surface area contributed by atoms with Crippen LogP contribution in [0.1, 0.15) is 82.6 Å². The Kier molecular flexibility index (Phi) is 16.8. The first-order valence-electron chi connectivity index (χ1n) is 24.0. The number of aryl methyl sites for hydroxylation is 1. The van der Waals surface area contributed by atoms with Crippen LogP contribution in [0, 0.1) is 23.7 Å². The van der Waals surface area contributed by atoms with E-state index in [4.69, 9.17) is 21.7 Å². The van der Waals surface area contributed by atoms with Crippen molar-refractivity contribution in [2.45, 2.75) is 104 Å². The van der Waals surface area contributed by atoms with E-state index in [0.717, 1.165) is 52.1 Å². The molecule has 5 aromatic rings. The number of alkyl halides is 3. The molecule has 0 aliphatic carbocycles. The fourth-order valence-corrected chi connectivity index (χ4v) is 10.4. The van der Waals surface area contributed by atoms with Gasteiger partial charge in [0.25, 0.3) is 5.91 Å². The lowest BCUT2D eigenvalue weighted by atomic mass is 9.85. The molecule has 7 rings (SSSR count). The molecular weight excluding hydrogens is 978 g/mol. The van der Waals surface area contributed by atoms with E-state index < -0.39 is 64.2 Å². The standard InChI is InChI=1S/C55H59F3N6O7S2/c1-34-24-27-73-47(34)38-12-10-35(11-13-38)31-60-49(67)45-29-42(65)32-62(45)50(68)48(53(2,3)4)61-46(66)33-70-25-8-7-9-26-71-43-22-17-37(18-23-43)36-14-19-40(20-15-36)64-52(72)63(51(69)54(64,5)6)41-21-16-39(30-59)44(28-41)55(56,57)58/h10-24,27-28,42,45,48,65H,7-9,25-26,29,31-33H2,1-6H3,(H,60,67)(H,61,66)/t42-,45+,48-/m1/s1. The van der Waals surface area contributed by atoms with Gasteiger partial charge in [-0.25, -0.2) is 0 Å². The van der Waals surface area contributed by atoms with Crippen molar-refractivity contribution in [1.29, 1.82) is 5.26 Å². The minimum absolute atomic E-state index is 0.00923. The van der Waals surface area contributed by atoms with E-state index in [1.54, 1.807) is 48.3 Å². The van der Waals surface area contributed by atoms with E-state index in [1.165, 1.54) is 21.4 Å². The normalized spacial score (nSPS) is 17.1. The third kappa shape index (κ3) is 12.6. The number of β-amino-alcohol motifs (C(OH)–C–C–N with tert-alkyl or cyclic N) is 1. The van der Waals surface area contributed by atoms with Gasteiger partial charge in [0.15, 0.2) is 5.11 Å². The minimum atomic E-state index is -4.80. The summed E-state index contributed by atoms with van der Waals surface area (Å²) in [5, 5.41) is 27.6. The molecule has 3 N–H and O–H groups in total. The molecule has 0 spiro atoms. The van der Waals surface area contributed by atoms with E-state index in [-0.39, 0.29) is 42.8 Å². The van der Waals surface area contributed by atoms with Crippen molar-refractivity contribution in [3.05, 3.63) is 125 Å². The molecule has 3 heterocycles. The maximum absolute atomic E-state index is 14.0. The first-order valence-corrected chi connectivity index (χ1v) is 25.3. The first kappa shape index (κ1) is 54.1. The number of halogens is 3. The van der Waals surface area contributed by atoms with Crippen LogP contribution in [0.15, 0.2) is 102 Å². The molecule has 2 saturated heterocycles. The van der Waals surface area contributed by atoms with Gasteiger partial charge in [0.2, 0.25) is 17.7 Å². The number of thiophene rings is 1. The Morgan fingerprint density at radius 2 is 1.53 bits per heavy atom. The number of nitrogens with zero attached hydrogens (tertiary/aromatic N) is 4. The van der Waals surface area contributed by atoms with E-state index in [0.29, 0.717) is 31.1 Å². The van der Waals surface area contributed by atoms with Gasteiger partial charge in [0.1, 0.15) is 30.0 Å². The third-order valence-corrected chi connectivity index (χ3v) is 14.4. The molecule has 3 atom stereocenters. The zero-order valence-corrected chi connectivity index (χ0v) is 43.2. The summed E-state index contributed by atoms with van der Waals surface area (Å²) in [5.41, 5.74) is 1.84. The van der Waals surface area contributed by atoms with Crippen LogP contribution < -0.4 is 25.2 Å². The Labute approximate surface area is 432 Å². The number of carbonyl (C=O) groups is 4. The highest BCUT2D eigenvalue weighted by Crippen LogP contribution is 2.40. The maximum Gasteiger partial charge on any atom is 0.417 e. The molecule has 4 amide bonds. The molecule has 0 radical (unpaired) electrons. The number of benzene rings is 4. The number of likely N-dealkylation sites (tertiary alicyclic amines) is 1. The SMILES string of the molecule is Cc1ccsc1-c1ccc(CNC(=O)[C@@H]2C[C@@H](O)CN2C(=O)[C@@H](NC(=O)COCCCCCOc2ccc(-c3ccc(N4C(=S)N(c5ccc(C#N)c(C(F)(F)F)c5)C(=O)C4(C)C)cc3)cc2)C(C)(C)C)cc1. The number of rotatable bonds is 18. The Morgan fingerprint density at radius 3 is 2.15 bits per heavy atom. The van der Waals surface area contributed by atoms with Crippen molar-refractivity contribution < 1.29 is 46.9 Å². The Hall–Kier alpha value is -6.65. The number of amides is 4. The number of nitriles is 1. The van der Waals surface area contributed by atoms with Gasteiger partial charge in [0, 0.05) is 36.7 Å². The number of aliphatic hydroxyl groups excluding tert-OH is 1. The van der Waals surface area contributed by atoms with Gasteiger partial charge in [0.05, 0.1) is 35.6 Å². The van der Waals surface area contributed by atoms with Crippen LogP contribution >= 0.6 is 23.6 Å². The Morgan fingerprint density at radius 1 is 0.904 bits per heavy atom. The molecule has 0 saturated carbocycles. The molecular formula is C55H59F3N6O7S2. The van der Waals surface area contributed by atoms with Crippen LogP contribution in [0.25, 0.3) is 21.6 Å². The van der Waals surface area contributed by atoms with Crippen LogP contribution in [0.5, 0.6) is 5.75 Å². The summed E-state index contributed by atoms with van der Waals surface area (Å²) < 4.78 is 52.9. The van der Waals surface area contributed by atoms with E-state index >= 15 is 0 Å². The molecule has 73 heavy (non-hydrogen) atoms. The number of unbranched alkanes of at least 4 members (excludes halogenated alkanes) is 2. The van der Waals surface area contributed by atoms with E-state index in [9.17, 15) is 42.7 Å². The van der Waals surface area contributed by atoms with Crippen molar-refractivity contribution in [2.75, 3.05) is 36.2 Å². The fourth-order valence-electron chi connectivity index (χ4n) is 8.92. The number of thiocarbonyl (C=S) groups is 1. The average molecular weight is 1040 g/mol. The van der Waals surface area contributed by atoms with Gasteiger partial charge in [-0.3, -0.25) is 24.1 Å². The lowest BCUT2D eigenvalue weighted by molar-refractivity contribution is -0.144. The van der Waals surface area contributed by atoms with Crippen molar-refractivity contribution in [1.82, 2.24) is 15.5 Å². The number of anilines is 2. The number of ether oxygens (including phenoxy) is 2. The largest absolute Gasteiger partial charge is 0.494 e. The molecule has 1 aromatic heterocycles. The fraction of sp³-hybridized carbons (Fsp3) is 0.382. The second-order valence-corrected chi connectivity index (χ2v) is 21.1. The number of carbonyl (C=O) groups excluding carboxylic acids is 4. The second-order valence-electron chi connectivity index (χ2n) is 19.8. The van der Waals surface area contributed by atoms with Gasteiger partial charge in [-0.2, -0.15) is 18.4 Å².